The first kappa shape index (κ1) is 30.1. The maximum absolute atomic E-state index is 13.6. The van der Waals surface area contributed by atoms with Gasteiger partial charge in [-0.3, -0.25) is 9.59 Å². The number of nitrogens with zero attached hydrogens (tertiary/aromatic N) is 2. The summed E-state index contributed by atoms with van der Waals surface area (Å²) in [6.07, 6.45) is 0.275. The fourth-order valence-corrected chi connectivity index (χ4v) is 4.68. The molecule has 0 saturated carbocycles. The molecule has 1 aliphatic rings. The molecule has 1 aromatic carbocycles. The van der Waals surface area contributed by atoms with Crippen LogP contribution in [0.15, 0.2) is 18.2 Å². The van der Waals surface area contributed by atoms with E-state index < -0.39 is 6.10 Å². The van der Waals surface area contributed by atoms with Gasteiger partial charge in [-0.25, -0.2) is 0 Å². The Labute approximate surface area is 217 Å². The molecule has 204 valence electrons. The molecule has 1 aliphatic heterocycles. The monoisotopic (exact) mass is 505 g/mol. The Morgan fingerprint density at radius 3 is 2.39 bits per heavy atom. The van der Waals surface area contributed by atoms with E-state index in [1.807, 2.05) is 57.7 Å². The third-order valence-electron chi connectivity index (χ3n) is 6.84. The summed E-state index contributed by atoms with van der Waals surface area (Å²) < 4.78 is 11.0. The van der Waals surface area contributed by atoms with Crippen LogP contribution >= 0.6 is 0 Å². The van der Waals surface area contributed by atoms with E-state index in [2.05, 4.69) is 5.32 Å². The summed E-state index contributed by atoms with van der Waals surface area (Å²) in [6, 6.07) is 5.66. The predicted octanol–water partition coefficient (Wildman–Crippen LogP) is 2.96. The summed E-state index contributed by atoms with van der Waals surface area (Å²) >= 11 is 0. The quantitative estimate of drug-likeness (QED) is 0.378. The zero-order chi connectivity index (χ0) is 26.8. The van der Waals surface area contributed by atoms with E-state index in [0.29, 0.717) is 38.3 Å². The minimum absolute atomic E-state index is 0.0193. The van der Waals surface area contributed by atoms with Gasteiger partial charge >= 0.3 is 0 Å². The van der Waals surface area contributed by atoms with Crippen molar-refractivity contribution in [2.75, 3.05) is 53.6 Å². The Kier molecular flexibility index (Phi) is 12.1. The number of hydrogen-bond donors (Lipinski definition) is 2. The van der Waals surface area contributed by atoms with E-state index in [4.69, 9.17) is 9.47 Å². The van der Waals surface area contributed by atoms with Crippen molar-refractivity contribution in [2.45, 2.75) is 59.6 Å². The fraction of sp³-hybridized carbons (Fsp3) is 0.714. The molecule has 36 heavy (non-hydrogen) atoms. The second kappa shape index (κ2) is 14.5. The van der Waals surface area contributed by atoms with Crippen LogP contribution in [0.2, 0.25) is 0 Å². The Balaban J connectivity index is 2.07. The van der Waals surface area contributed by atoms with Gasteiger partial charge in [-0.15, -0.1) is 0 Å². The summed E-state index contributed by atoms with van der Waals surface area (Å²) in [4.78, 5) is 29.8. The predicted molar refractivity (Wildman–Crippen MR) is 142 cm³/mol. The zero-order valence-electron chi connectivity index (χ0n) is 23.3. The molecule has 0 bridgehead atoms. The van der Waals surface area contributed by atoms with Gasteiger partial charge in [-0.05, 0) is 62.6 Å². The number of methoxy groups -OCH3 is 1. The zero-order valence-corrected chi connectivity index (χ0v) is 23.3. The van der Waals surface area contributed by atoms with E-state index >= 15 is 0 Å². The number of rotatable bonds is 14. The van der Waals surface area contributed by atoms with Gasteiger partial charge in [0.25, 0.3) is 11.8 Å². The van der Waals surface area contributed by atoms with E-state index in [-0.39, 0.29) is 35.6 Å². The number of ether oxygens (including phenoxy) is 2. The molecule has 2 rings (SSSR count). The third kappa shape index (κ3) is 8.75. The maximum atomic E-state index is 13.6. The second-order valence-corrected chi connectivity index (χ2v) is 10.8. The average Bonchev–Trinajstić information content (AvgIpc) is 3.26. The average molecular weight is 506 g/mol. The molecule has 0 unspecified atom stereocenters. The molecule has 2 N–H and O–H groups in total. The van der Waals surface area contributed by atoms with Gasteiger partial charge in [-0.1, -0.05) is 19.9 Å². The highest BCUT2D eigenvalue weighted by atomic mass is 16.5. The molecule has 0 aromatic heterocycles. The second-order valence-electron chi connectivity index (χ2n) is 10.8. The summed E-state index contributed by atoms with van der Waals surface area (Å²) in [5.41, 5.74) is 1.61. The first-order valence-corrected chi connectivity index (χ1v) is 13.2. The van der Waals surface area contributed by atoms with E-state index in [1.165, 1.54) is 0 Å². The van der Waals surface area contributed by atoms with Crippen LogP contribution in [-0.4, -0.2) is 92.4 Å². The minimum atomic E-state index is -0.969. The lowest BCUT2D eigenvalue weighted by Gasteiger charge is -2.33. The molecule has 0 aliphatic carbocycles. The largest absolute Gasteiger partial charge is 0.493 e. The van der Waals surface area contributed by atoms with Gasteiger partial charge in [0, 0.05) is 65.0 Å². The molecule has 1 saturated heterocycles. The van der Waals surface area contributed by atoms with Crippen molar-refractivity contribution in [3.05, 3.63) is 29.3 Å². The van der Waals surface area contributed by atoms with Crippen LogP contribution in [0.4, 0.5) is 0 Å². The molecule has 8 heteroatoms. The number of carbonyl (C=O) groups is 2. The summed E-state index contributed by atoms with van der Waals surface area (Å²) in [5, 5.41) is 13.7. The lowest BCUT2D eigenvalue weighted by Crippen LogP contribution is -2.45. The highest BCUT2D eigenvalue weighted by Crippen LogP contribution is 2.25. The molecule has 0 radical (unpaired) electrons. The lowest BCUT2D eigenvalue weighted by atomic mass is 9.93. The fourth-order valence-electron chi connectivity index (χ4n) is 4.68. The third-order valence-corrected chi connectivity index (χ3v) is 6.84. The first-order chi connectivity index (χ1) is 17.0. The van der Waals surface area contributed by atoms with Gasteiger partial charge < -0.3 is 29.7 Å². The Morgan fingerprint density at radius 2 is 1.78 bits per heavy atom. The molecule has 2 amide bonds. The molecular formula is C28H47N3O5. The lowest BCUT2D eigenvalue weighted by molar-refractivity contribution is -0.140. The van der Waals surface area contributed by atoms with Crippen molar-refractivity contribution in [3.63, 3.8) is 0 Å². The van der Waals surface area contributed by atoms with Crippen LogP contribution < -0.4 is 10.1 Å². The van der Waals surface area contributed by atoms with E-state index in [0.717, 1.165) is 30.8 Å². The topological polar surface area (TPSA) is 91.3 Å². The highest BCUT2D eigenvalue weighted by molar-refractivity contribution is 5.95. The number of carbonyl (C=O) groups excluding carboxylic acids is 2. The number of hydrogen-bond acceptors (Lipinski definition) is 6. The number of likely N-dealkylation sites (N-methyl/N-ethyl adjacent to an activating group) is 1. The molecule has 3 atom stereocenters. The van der Waals surface area contributed by atoms with E-state index in [1.54, 1.807) is 19.1 Å². The number of aliphatic hydroxyl groups is 1. The van der Waals surface area contributed by atoms with Crippen LogP contribution in [0.5, 0.6) is 5.75 Å². The summed E-state index contributed by atoms with van der Waals surface area (Å²) in [5.74, 6) is 1.14. The van der Waals surface area contributed by atoms with Crippen molar-refractivity contribution in [2.24, 2.45) is 17.8 Å². The molecule has 1 aromatic rings. The molecule has 8 nitrogen and oxygen atoms in total. The molecule has 0 spiro atoms. The van der Waals surface area contributed by atoms with Gasteiger partial charge in [0.1, 0.15) is 11.9 Å². The van der Waals surface area contributed by atoms with Crippen molar-refractivity contribution >= 4 is 11.8 Å². The molecule has 1 fully saturated rings. The van der Waals surface area contributed by atoms with Crippen LogP contribution in [0.1, 0.15) is 56.5 Å². The highest BCUT2D eigenvalue weighted by Gasteiger charge is 2.34. The van der Waals surface area contributed by atoms with Crippen LogP contribution in [0, 0.1) is 24.7 Å². The number of amides is 2. The van der Waals surface area contributed by atoms with Crippen LogP contribution in [0.3, 0.4) is 0 Å². The standard InChI is InChI=1S/C28H47N3O5/c1-19(2)13-25(32)28(34)30(6)17-23-15-29-16-24(23)18-31(20(3)4)27(33)22-10-9-21(5)26(14-22)36-12-8-11-35-7/h9-10,14,19-20,23-25,29,32H,8,11-13,15-18H2,1-7H3/t23-,24-,25-/m0/s1. The van der Waals surface area contributed by atoms with Crippen molar-refractivity contribution < 1.29 is 24.2 Å². The Hall–Kier alpha value is -2.16. The van der Waals surface area contributed by atoms with Crippen molar-refractivity contribution in [1.29, 1.82) is 0 Å². The summed E-state index contributed by atoms with van der Waals surface area (Å²) in [6.45, 7) is 13.9. The smallest absolute Gasteiger partial charge is 0.254 e. The van der Waals surface area contributed by atoms with Gasteiger partial charge in [0.15, 0.2) is 0 Å². The van der Waals surface area contributed by atoms with Crippen molar-refractivity contribution in [3.8, 4) is 5.75 Å². The molecule has 1 heterocycles. The van der Waals surface area contributed by atoms with Gasteiger partial charge in [0.2, 0.25) is 0 Å². The summed E-state index contributed by atoms with van der Waals surface area (Å²) in [7, 11) is 3.43. The van der Waals surface area contributed by atoms with Gasteiger partial charge in [0.05, 0.1) is 6.61 Å². The first-order valence-electron chi connectivity index (χ1n) is 13.2. The Bertz CT molecular complexity index is 844. The van der Waals surface area contributed by atoms with Gasteiger partial charge in [-0.2, -0.15) is 0 Å². The maximum Gasteiger partial charge on any atom is 0.254 e. The Morgan fingerprint density at radius 1 is 1.11 bits per heavy atom. The molecular weight excluding hydrogens is 458 g/mol. The minimum Gasteiger partial charge on any atom is -0.493 e. The van der Waals surface area contributed by atoms with Crippen molar-refractivity contribution in [1.82, 2.24) is 15.1 Å². The van der Waals surface area contributed by atoms with E-state index in [9.17, 15) is 14.7 Å². The number of benzene rings is 1. The number of aliphatic hydroxyl groups excluding tert-OH is 1. The van der Waals surface area contributed by atoms with Crippen LogP contribution in [-0.2, 0) is 9.53 Å². The number of nitrogens with one attached hydrogen (secondary N) is 1. The number of aryl methyl sites for hydroxylation is 1. The normalized spacial score (nSPS) is 18.5. The SMILES string of the molecule is COCCCOc1cc(C(=O)N(C[C@@H]2CNC[C@H]2CN(C)C(=O)[C@@H](O)CC(C)C)C(C)C)ccc1C. The van der Waals surface area contributed by atoms with Crippen LogP contribution in [0.25, 0.3) is 0 Å².